The third kappa shape index (κ3) is 2.96. The molecule has 0 radical (unpaired) electrons. The van der Waals surface area contributed by atoms with Crippen molar-refractivity contribution in [3.8, 4) is 34.7 Å². The molecule has 2 heterocycles. The molecule has 7 heteroatoms. The monoisotopic (exact) mass is 424 g/mol. The fraction of sp³-hybridized carbons (Fsp3) is 0.160. The highest BCUT2D eigenvalue weighted by molar-refractivity contribution is 5.97. The highest BCUT2D eigenvalue weighted by Crippen LogP contribution is 2.49. The van der Waals surface area contributed by atoms with Crippen LogP contribution in [0.5, 0.6) is 17.4 Å². The van der Waals surface area contributed by atoms with Gasteiger partial charge in [0.15, 0.2) is 0 Å². The normalized spacial score (nSPS) is 17.3. The summed E-state index contributed by atoms with van der Waals surface area (Å²) in [6, 6.07) is 21.8. The molecular weight excluding hydrogens is 404 g/mol. The molecule has 0 amide bonds. The first-order valence-electron chi connectivity index (χ1n) is 10.1. The van der Waals surface area contributed by atoms with Gasteiger partial charge in [0.2, 0.25) is 11.8 Å². The average Bonchev–Trinajstić information content (AvgIpc) is 3.25. The van der Waals surface area contributed by atoms with Gasteiger partial charge in [-0.15, -0.1) is 5.10 Å². The zero-order valence-electron chi connectivity index (χ0n) is 17.5. The lowest BCUT2D eigenvalue weighted by molar-refractivity contribution is 0.388. The van der Waals surface area contributed by atoms with Crippen molar-refractivity contribution in [3.63, 3.8) is 0 Å². The lowest BCUT2D eigenvalue weighted by Crippen LogP contribution is -2.31. The molecule has 1 aliphatic rings. The quantitative estimate of drug-likeness (QED) is 0.485. The lowest BCUT2D eigenvalue weighted by atomic mass is 9.78. The van der Waals surface area contributed by atoms with E-state index in [1.54, 1.807) is 26.4 Å². The predicted octanol–water partition coefficient (Wildman–Crippen LogP) is 4.89. The Morgan fingerprint density at radius 1 is 1.06 bits per heavy atom. The maximum absolute atomic E-state index is 10.0. The molecule has 7 nitrogen and oxygen atoms in total. The van der Waals surface area contributed by atoms with E-state index in [1.807, 2.05) is 36.4 Å². The summed E-state index contributed by atoms with van der Waals surface area (Å²) in [5.74, 6) is -0.0111. The standard InChI is InChI=1S/C25H20N4O3/c1-30-15-10-11-20(31-2)18(12-15)21-19(13-26)24(27)32-25-22(21)23(28-29-25)17-9-5-7-14-6-3-4-8-16(14)17/h3-12,19,21,27H,1-2H3,(H,28,29). The van der Waals surface area contributed by atoms with Gasteiger partial charge in [0.05, 0.1) is 31.5 Å². The maximum atomic E-state index is 10.0. The Morgan fingerprint density at radius 2 is 1.88 bits per heavy atom. The van der Waals surface area contributed by atoms with Crippen LogP contribution in [0, 0.1) is 22.7 Å². The van der Waals surface area contributed by atoms with E-state index < -0.39 is 11.8 Å². The second kappa shape index (κ2) is 7.75. The van der Waals surface area contributed by atoms with E-state index in [1.165, 1.54) is 0 Å². The van der Waals surface area contributed by atoms with Gasteiger partial charge >= 0.3 is 0 Å². The fourth-order valence-corrected chi connectivity index (χ4v) is 4.39. The lowest BCUT2D eigenvalue weighted by Gasteiger charge is -2.29. The summed E-state index contributed by atoms with van der Waals surface area (Å²) in [7, 11) is 3.17. The van der Waals surface area contributed by atoms with E-state index in [-0.39, 0.29) is 5.90 Å². The van der Waals surface area contributed by atoms with Gasteiger partial charge < -0.3 is 14.2 Å². The topological polar surface area (TPSA) is 104 Å². The van der Waals surface area contributed by atoms with E-state index in [0.717, 1.165) is 33.2 Å². The number of fused-ring (bicyclic) bond motifs is 2. The van der Waals surface area contributed by atoms with Crippen molar-refractivity contribution in [1.82, 2.24) is 10.2 Å². The summed E-state index contributed by atoms with van der Waals surface area (Å²) in [6.45, 7) is 0. The third-order valence-electron chi connectivity index (χ3n) is 5.87. The molecule has 0 fully saturated rings. The van der Waals surface area contributed by atoms with Gasteiger partial charge in [0.1, 0.15) is 17.4 Å². The Bertz CT molecular complexity index is 1380. The number of hydrogen-bond donors (Lipinski definition) is 2. The van der Waals surface area contributed by atoms with Crippen LogP contribution < -0.4 is 14.2 Å². The Hall–Kier alpha value is -4.31. The summed E-state index contributed by atoms with van der Waals surface area (Å²) >= 11 is 0. The summed E-state index contributed by atoms with van der Waals surface area (Å²) in [6.07, 6.45) is 0. The molecule has 0 bridgehead atoms. The van der Waals surface area contributed by atoms with E-state index in [4.69, 9.17) is 19.6 Å². The van der Waals surface area contributed by atoms with Crippen LogP contribution in [0.25, 0.3) is 22.0 Å². The molecule has 3 aromatic carbocycles. The Balaban J connectivity index is 1.80. The van der Waals surface area contributed by atoms with Crippen LogP contribution in [-0.4, -0.2) is 30.3 Å². The van der Waals surface area contributed by atoms with Crippen LogP contribution in [0.4, 0.5) is 0 Å². The number of nitriles is 1. The first-order chi connectivity index (χ1) is 15.7. The Morgan fingerprint density at radius 3 is 2.66 bits per heavy atom. The van der Waals surface area contributed by atoms with Gasteiger partial charge in [-0.25, -0.2) is 0 Å². The zero-order chi connectivity index (χ0) is 22.2. The Labute approximate surface area is 184 Å². The molecule has 0 aliphatic carbocycles. The van der Waals surface area contributed by atoms with Crippen molar-refractivity contribution in [2.75, 3.05) is 14.2 Å². The number of H-pyrrole nitrogens is 1. The molecule has 0 spiro atoms. The van der Waals surface area contributed by atoms with Crippen molar-refractivity contribution in [2.24, 2.45) is 5.92 Å². The second-order valence-electron chi connectivity index (χ2n) is 7.50. The minimum atomic E-state index is -0.852. The van der Waals surface area contributed by atoms with Crippen LogP contribution in [0.1, 0.15) is 17.0 Å². The third-order valence-corrected chi connectivity index (χ3v) is 5.87. The van der Waals surface area contributed by atoms with Gasteiger partial charge in [0.25, 0.3) is 0 Å². The molecule has 32 heavy (non-hydrogen) atoms. The first-order valence-corrected chi connectivity index (χ1v) is 10.1. The number of aromatic amines is 1. The molecule has 0 saturated heterocycles. The van der Waals surface area contributed by atoms with Gasteiger partial charge in [-0.2, -0.15) is 5.26 Å². The number of methoxy groups -OCH3 is 2. The maximum Gasteiger partial charge on any atom is 0.244 e. The van der Waals surface area contributed by atoms with Crippen LogP contribution in [0.2, 0.25) is 0 Å². The Kier molecular flexibility index (Phi) is 4.75. The van der Waals surface area contributed by atoms with Crippen LogP contribution >= 0.6 is 0 Å². The van der Waals surface area contributed by atoms with Crippen LogP contribution in [-0.2, 0) is 0 Å². The molecule has 2 N–H and O–H groups in total. The van der Waals surface area contributed by atoms with Crippen molar-refractivity contribution in [3.05, 3.63) is 71.8 Å². The highest BCUT2D eigenvalue weighted by atomic mass is 16.5. The molecule has 5 rings (SSSR count). The van der Waals surface area contributed by atoms with Crippen molar-refractivity contribution in [2.45, 2.75) is 5.92 Å². The van der Waals surface area contributed by atoms with Crippen molar-refractivity contribution >= 4 is 16.7 Å². The second-order valence-corrected chi connectivity index (χ2v) is 7.50. The summed E-state index contributed by atoms with van der Waals surface area (Å²) in [4.78, 5) is 0. The SMILES string of the molecule is COc1ccc(OC)c(C2c3c(n[nH]c3-c3cccc4ccccc34)OC(=N)C2C#N)c1. The number of ether oxygens (including phenoxy) is 3. The summed E-state index contributed by atoms with van der Waals surface area (Å²) in [5.41, 5.74) is 3.14. The molecule has 158 valence electrons. The molecule has 1 aliphatic heterocycles. The minimum Gasteiger partial charge on any atom is -0.497 e. The van der Waals surface area contributed by atoms with Gasteiger partial charge in [-0.05, 0) is 29.0 Å². The smallest absolute Gasteiger partial charge is 0.244 e. The molecule has 4 aromatic rings. The number of nitrogens with zero attached hydrogens (tertiary/aromatic N) is 2. The van der Waals surface area contributed by atoms with Gasteiger partial charge in [0, 0.05) is 17.0 Å². The van der Waals surface area contributed by atoms with E-state index in [2.05, 4.69) is 28.4 Å². The van der Waals surface area contributed by atoms with E-state index in [0.29, 0.717) is 17.4 Å². The number of nitrogens with one attached hydrogen (secondary N) is 2. The fourth-order valence-electron chi connectivity index (χ4n) is 4.39. The van der Waals surface area contributed by atoms with E-state index in [9.17, 15) is 5.26 Å². The minimum absolute atomic E-state index is 0.147. The van der Waals surface area contributed by atoms with Gasteiger partial charge in [-0.1, -0.05) is 42.5 Å². The molecule has 0 saturated carbocycles. The first kappa shape index (κ1) is 19.6. The summed E-state index contributed by atoms with van der Waals surface area (Å²) < 4.78 is 16.7. The number of aromatic nitrogens is 2. The largest absolute Gasteiger partial charge is 0.497 e. The average molecular weight is 424 g/mol. The van der Waals surface area contributed by atoms with Crippen LogP contribution in [0.3, 0.4) is 0 Å². The predicted molar refractivity (Wildman–Crippen MR) is 120 cm³/mol. The van der Waals surface area contributed by atoms with Crippen molar-refractivity contribution in [1.29, 1.82) is 10.7 Å². The molecule has 2 atom stereocenters. The zero-order valence-corrected chi connectivity index (χ0v) is 17.5. The molecule has 2 unspecified atom stereocenters. The molecule has 1 aromatic heterocycles. The number of hydrogen-bond acceptors (Lipinski definition) is 6. The summed E-state index contributed by atoms with van der Waals surface area (Å²) in [5, 5.41) is 28.0. The number of rotatable bonds is 4. The number of benzene rings is 3. The molecular formula is C25H20N4O3. The van der Waals surface area contributed by atoms with Crippen molar-refractivity contribution < 1.29 is 14.2 Å². The highest BCUT2D eigenvalue weighted by Gasteiger charge is 2.42. The van der Waals surface area contributed by atoms with Gasteiger partial charge in [-0.3, -0.25) is 10.5 Å². The van der Waals surface area contributed by atoms with Crippen LogP contribution in [0.15, 0.2) is 60.7 Å². The van der Waals surface area contributed by atoms with E-state index >= 15 is 0 Å².